The highest BCUT2D eigenvalue weighted by Gasteiger charge is 2.16. The molecule has 1 aromatic heterocycles. The zero-order valence-corrected chi connectivity index (χ0v) is 16.1. The van der Waals surface area contributed by atoms with Gasteiger partial charge in [-0.05, 0) is 31.2 Å². The number of anilines is 1. The van der Waals surface area contributed by atoms with Crippen molar-refractivity contribution in [3.05, 3.63) is 106 Å². The van der Waals surface area contributed by atoms with Crippen LogP contribution in [0, 0.1) is 17.0 Å². The number of rotatable bonds is 5. The monoisotopic (exact) mass is 398 g/mol. The van der Waals surface area contributed by atoms with Crippen LogP contribution in [-0.4, -0.2) is 20.6 Å². The van der Waals surface area contributed by atoms with Crippen LogP contribution in [0.2, 0.25) is 0 Å². The highest BCUT2D eigenvalue weighted by Crippen LogP contribution is 2.25. The van der Waals surface area contributed by atoms with E-state index in [-0.39, 0.29) is 11.6 Å². The van der Waals surface area contributed by atoms with Crippen LogP contribution in [0.15, 0.2) is 84.9 Å². The Hall–Kier alpha value is -4.26. The Morgan fingerprint density at radius 1 is 0.967 bits per heavy atom. The molecule has 0 atom stereocenters. The summed E-state index contributed by atoms with van der Waals surface area (Å²) in [6.45, 7) is 2.00. The lowest BCUT2D eigenvalue weighted by molar-refractivity contribution is -0.384. The van der Waals surface area contributed by atoms with Gasteiger partial charge in [0.25, 0.3) is 11.6 Å². The number of nitrogens with one attached hydrogen (secondary N) is 1. The third-order valence-corrected chi connectivity index (χ3v) is 4.64. The van der Waals surface area contributed by atoms with Crippen molar-refractivity contribution >= 4 is 17.4 Å². The zero-order valence-electron chi connectivity index (χ0n) is 16.1. The molecule has 0 aliphatic rings. The quantitative estimate of drug-likeness (QED) is 0.378. The second-order valence-electron chi connectivity index (χ2n) is 6.79. The summed E-state index contributed by atoms with van der Waals surface area (Å²) >= 11 is 0. The number of hydrogen-bond donors (Lipinski definition) is 1. The minimum atomic E-state index is -0.500. The molecule has 0 bridgehead atoms. The molecule has 0 saturated carbocycles. The predicted octanol–water partition coefficient (Wildman–Crippen LogP) is 5.01. The molecule has 7 heteroatoms. The Morgan fingerprint density at radius 3 is 2.27 bits per heavy atom. The molecule has 1 N–H and O–H groups in total. The first-order chi connectivity index (χ1) is 14.5. The van der Waals surface area contributed by atoms with Gasteiger partial charge in [0, 0.05) is 29.3 Å². The maximum absolute atomic E-state index is 12.8. The van der Waals surface area contributed by atoms with Crippen molar-refractivity contribution in [1.82, 2.24) is 9.78 Å². The second kappa shape index (κ2) is 8.00. The van der Waals surface area contributed by atoms with Crippen molar-refractivity contribution in [3.63, 3.8) is 0 Å². The third kappa shape index (κ3) is 3.95. The molecule has 1 heterocycles. The van der Waals surface area contributed by atoms with Crippen LogP contribution in [0.3, 0.4) is 0 Å². The molecule has 3 aromatic carbocycles. The molecular formula is C23H18N4O3. The summed E-state index contributed by atoms with van der Waals surface area (Å²) in [6.07, 6.45) is 0. The molecular weight excluding hydrogens is 380 g/mol. The van der Waals surface area contributed by atoms with Crippen LogP contribution in [-0.2, 0) is 0 Å². The number of nitro groups is 1. The maximum Gasteiger partial charge on any atom is 0.269 e. The SMILES string of the molecule is Cc1ccc(-n2nc(-c3ccccc3)cc2NC(=O)c2ccc([N+](=O)[O-])cc2)cc1. The fourth-order valence-corrected chi connectivity index (χ4v) is 3.03. The number of amides is 1. The molecule has 7 nitrogen and oxygen atoms in total. The summed E-state index contributed by atoms with van der Waals surface area (Å²) in [5, 5.41) is 18.4. The summed E-state index contributed by atoms with van der Waals surface area (Å²) in [5.41, 5.74) is 3.82. The lowest BCUT2D eigenvalue weighted by atomic mass is 10.1. The number of benzene rings is 3. The first-order valence-electron chi connectivity index (χ1n) is 9.29. The largest absolute Gasteiger partial charge is 0.306 e. The van der Waals surface area contributed by atoms with Crippen LogP contribution in [0.4, 0.5) is 11.5 Å². The van der Waals surface area contributed by atoms with Crippen LogP contribution in [0.1, 0.15) is 15.9 Å². The van der Waals surface area contributed by atoms with E-state index in [0.717, 1.165) is 22.5 Å². The Morgan fingerprint density at radius 2 is 1.63 bits per heavy atom. The first-order valence-corrected chi connectivity index (χ1v) is 9.29. The summed E-state index contributed by atoms with van der Waals surface area (Å²) in [6, 6.07) is 24.8. The van der Waals surface area contributed by atoms with Crippen LogP contribution in [0.25, 0.3) is 16.9 Å². The minimum absolute atomic E-state index is 0.0670. The molecule has 0 radical (unpaired) electrons. The van der Waals surface area contributed by atoms with Gasteiger partial charge in [-0.15, -0.1) is 0 Å². The summed E-state index contributed by atoms with van der Waals surface area (Å²) in [5.74, 6) is 0.124. The van der Waals surface area contributed by atoms with Gasteiger partial charge in [0.1, 0.15) is 5.82 Å². The lowest BCUT2D eigenvalue weighted by Crippen LogP contribution is -2.15. The Balaban J connectivity index is 1.70. The summed E-state index contributed by atoms with van der Waals surface area (Å²) in [7, 11) is 0. The van der Waals surface area contributed by atoms with Crippen LogP contribution < -0.4 is 5.32 Å². The van der Waals surface area contributed by atoms with Gasteiger partial charge in [-0.3, -0.25) is 14.9 Å². The predicted molar refractivity (Wildman–Crippen MR) is 115 cm³/mol. The highest BCUT2D eigenvalue weighted by atomic mass is 16.6. The Labute approximate surface area is 172 Å². The van der Waals surface area contributed by atoms with Gasteiger partial charge in [-0.1, -0.05) is 48.0 Å². The number of nitrogens with zero attached hydrogens (tertiary/aromatic N) is 3. The molecule has 0 aliphatic carbocycles. The summed E-state index contributed by atoms with van der Waals surface area (Å²) in [4.78, 5) is 23.1. The molecule has 0 unspecified atom stereocenters. The van der Waals surface area contributed by atoms with E-state index in [9.17, 15) is 14.9 Å². The summed E-state index contributed by atoms with van der Waals surface area (Å²) < 4.78 is 1.67. The van der Waals surface area contributed by atoms with Gasteiger partial charge in [-0.25, -0.2) is 4.68 Å². The molecule has 0 aliphatic heterocycles. The zero-order chi connectivity index (χ0) is 21.1. The van der Waals surface area contributed by atoms with Crippen LogP contribution in [0.5, 0.6) is 0 Å². The number of carbonyl (C=O) groups excluding carboxylic acids is 1. The average Bonchev–Trinajstić information content (AvgIpc) is 3.18. The van der Waals surface area contributed by atoms with Crippen molar-refractivity contribution in [1.29, 1.82) is 0 Å². The van der Waals surface area contributed by atoms with Crippen molar-refractivity contribution in [2.75, 3.05) is 5.32 Å². The molecule has 0 fully saturated rings. The number of nitro benzene ring substituents is 1. The fraction of sp³-hybridized carbons (Fsp3) is 0.0435. The van der Waals surface area contributed by atoms with E-state index in [1.807, 2.05) is 61.5 Å². The standard InChI is InChI=1S/C23H18N4O3/c1-16-7-11-19(12-8-16)26-22(15-21(25-26)17-5-3-2-4-6-17)24-23(28)18-9-13-20(14-10-18)27(29)30/h2-15H,1H3,(H,24,28). The van der Waals surface area contributed by atoms with Crippen molar-refractivity contribution in [2.24, 2.45) is 0 Å². The van der Waals surface area contributed by atoms with E-state index < -0.39 is 4.92 Å². The average molecular weight is 398 g/mol. The van der Waals surface area contributed by atoms with Gasteiger partial charge in [0.15, 0.2) is 0 Å². The molecule has 30 heavy (non-hydrogen) atoms. The molecule has 4 rings (SSSR count). The Kier molecular flexibility index (Phi) is 5.09. The van der Waals surface area contributed by atoms with E-state index in [2.05, 4.69) is 10.4 Å². The van der Waals surface area contributed by atoms with E-state index >= 15 is 0 Å². The molecule has 0 saturated heterocycles. The molecule has 1 amide bonds. The van der Waals surface area contributed by atoms with E-state index in [0.29, 0.717) is 11.4 Å². The third-order valence-electron chi connectivity index (χ3n) is 4.64. The topological polar surface area (TPSA) is 90.1 Å². The van der Waals surface area contributed by atoms with Crippen LogP contribution >= 0.6 is 0 Å². The second-order valence-corrected chi connectivity index (χ2v) is 6.79. The highest BCUT2D eigenvalue weighted by molar-refractivity contribution is 6.04. The van der Waals surface area contributed by atoms with Gasteiger partial charge in [-0.2, -0.15) is 5.10 Å². The molecule has 4 aromatic rings. The van der Waals surface area contributed by atoms with E-state index in [4.69, 9.17) is 0 Å². The molecule has 148 valence electrons. The number of aromatic nitrogens is 2. The number of hydrogen-bond acceptors (Lipinski definition) is 4. The molecule has 0 spiro atoms. The Bertz CT molecular complexity index is 1200. The fourth-order valence-electron chi connectivity index (χ4n) is 3.03. The maximum atomic E-state index is 12.8. The van der Waals surface area contributed by atoms with E-state index in [1.54, 1.807) is 10.7 Å². The number of carbonyl (C=O) groups is 1. The lowest BCUT2D eigenvalue weighted by Gasteiger charge is -2.09. The van der Waals surface area contributed by atoms with Crippen molar-refractivity contribution < 1.29 is 9.72 Å². The van der Waals surface area contributed by atoms with Gasteiger partial charge < -0.3 is 5.32 Å². The van der Waals surface area contributed by atoms with Crippen molar-refractivity contribution in [2.45, 2.75) is 6.92 Å². The number of non-ortho nitro benzene ring substituents is 1. The van der Waals surface area contributed by atoms with Gasteiger partial charge >= 0.3 is 0 Å². The number of aryl methyl sites for hydroxylation is 1. The van der Waals surface area contributed by atoms with E-state index in [1.165, 1.54) is 24.3 Å². The van der Waals surface area contributed by atoms with Crippen molar-refractivity contribution in [3.8, 4) is 16.9 Å². The van der Waals surface area contributed by atoms with Gasteiger partial charge in [0.05, 0.1) is 16.3 Å². The normalized spacial score (nSPS) is 10.6. The van der Waals surface area contributed by atoms with Gasteiger partial charge in [0.2, 0.25) is 0 Å². The first kappa shape index (κ1) is 19.1. The smallest absolute Gasteiger partial charge is 0.269 e. The minimum Gasteiger partial charge on any atom is -0.306 e.